The van der Waals surface area contributed by atoms with Gasteiger partial charge in [0.15, 0.2) is 11.6 Å². The fraction of sp³-hybridized carbons (Fsp3) is 0.192. The molecule has 0 aromatic heterocycles. The Labute approximate surface area is 182 Å². The Kier molecular flexibility index (Phi) is 7.67. The molecule has 0 unspecified atom stereocenters. The number of benzene rings is 3. The van der Waals surface area contributed by atoms with Gasteiger partial charge in [0.05, 0.1) is 0 Å². The molecule has 0 spiro atoms. The van der Waals surface area contributed by atoms with Crippen molar-refractivity contribution in [2.24, 2.45) is 5.73 Å². The molecule has 158 valence electrons. The van der Waals surface area contributed by atoms with Crippen molar-refractivity contribution in [2.45, 2.75) is 32.7 Å². The number of anilines is 1. The van der Waals surface area contributed by atoms with Crippen LogP contribution in [0.15, 0.2) is 66.7 Å². The van der Waals surface area contributed by atoms with E-state index in [1.165, 1.54) is 30.5 Å². The lowest BCUT2D eigenvalue weighted by atomic mass is 10.1. The third kappa shape index (κ3) is 6.90. The van der Waals surface area contributed by atoms with Gasteiger partial charge in [0.1, 0.15) is 0 Å². The predicted molar refractivity (Wildman–Crippen MR) is 121 cm³/mol. The molecule has 0 heterocycles. The average Bonchev–Trinajstić information content (AvgIpc) is 2.78. The smallest absolute Gasteiger partial charge is 0.407 e. The molecule has 0 bridgehead atoms. The van der Waals surface area contributed by atoms with E-state index in [1.807, 2.05) is 24.3 Å². The zero-order valence-corrected chi connectivity index (χ0v) is 17.5. The van der Waals surface area contributed by atoms with E-state index < -0.39 is 11.9 Å². The molecule has 0 fully saturated rings. The second-order valence-corrected chi connectivity index (χ2v) is 7.17. The van der Waals surface area contributed by atoms with E-state index in [2.05, 4.69) is 53.1 Å². The average molecular weight is 416 g/mol. The van der Waals surface area contributed by atoms with Gasteiger partial charge in [-0.05, 0) is 60.4 Å². The van der Waals surface area contributed by atoms with Crippen LogP contribution in [0, 0.1) is 17.7 Å². The van der Waals surface area contributed by atoms with E-state index in [0.29, 0.717) is 12.2 Å². The summed E-state index contributed by atoms with van der Waals surface area (Å²) in [6, 6.07) is 20.5. The molecule has 3 aromatic carbocycles. The van der Waals surface area contributed by atoms with Crippen LogP contribution in [0.1, 0.15) is 42.0 Å². The highest BCUT2D eigenvalue weighted by Gasteiger charge is 2.07. The van der Waals surface area contributed by atoms with Crippen molar-refractivity contribution >= 4 is 11.8 Å². The molecule has 0 atom stereocenters. The van der Waals surface area contributed by atoms with Crippen LogP contribution in [0.25, 0.3) is 0 Å². The van der Waals surface area contributed by atoms with Crippen LogP contribution in [0.2, 0.25) is 0 Å². The molecule has 0 saturated heterocycles. The summed E-state index contributed by atoms with van der Waals surface area (Å²) in [4.78, 5) is 10.8. The van der Waals surface area contributed by atoms with E-state index in [-0.39, 0.29) is 5.75 Å². The van der Waals surface area contributed by atoms with Gasteiger partial charge >= 0.3 is 6.09 Å². The summed E-state index contributed by atoms with van der Waals surface area (Å²) >= 11 is 0. The zero-order valence-electron chi connectivity index (χ0n) is 17.5. The minimum Gasteiger partial charge on any atom is -0.407 e. The molecule has 0 aliphatic carbocycles. The Balaban J connectivity index is 1.57. The molecule has 31 heavy (non-hydrogen) atoms. The quantitative estimate of drug-likeness (QED) is 0.490. The number of nitrogens with one attached hydrogen (secondary N) is 1. The topological polar surface area (TPSA) is 64.3 Å². The maximum Gasteiger partial charge on any atom is 0.410 e. The van der Waals surface area contributed by atoms with Gasteiger partial charge in [0.25, 0.3) is 0 Å². The molecule has 3 N–H and O–H groups in total. The van der Waals surface area contributed by atoms with E-state index in [1.54, 1.807) is 6.07 Å². The lowest BCUT2D eigenvalue weighted by Gasteiger charge is -2.09. The lowest BCUT2D eigenvalue weighted by Crippen LogP contribution is -2.17. The van der Waals surface area contributed by atoms with Crippen molar-refractivity contribution < 1.29 is 13.9 Å². The van der Waals surface area contributed by atoms with Gasteiger partial charge in [-0.3, -0.25) is 0 Å². The van der Waals surface area contributed by atoms with Gasteiger partial charge in [-0.2, -0.15) is 0 Å². The highest BCUT2D eigenvalue weighted by molar-refractivity contribution is 5.68. The third-order valence-corrected chi connectivity index (χ3v) is 4.72. The van der Waals surface area contributed by atoms with Gasteiger partial charge in [-0.1, -0.05) is 49.5 Å². The molecule has 4 nitrogen and oxygen atoms in total. The number of hydrogen-bond acceptors (Lipinski definition) is 3. The van der Waals surface area contributed by atoms with Crippen LogP contribution in [-0.4, -0.2) is 6.09 Å². The van der Waals surface area contributed by atoms with E-state index in [4.69, 9.17) is 5.73 Å². The summed E-state index contributed by atoms with van der Waals surface area (Å²) in [6.45, 7) is 2.72. The first-order valence-electron chi connectivity index (χ1n) is 10.2. The fourth-order valence-electron chi connectivity index (χ4n) is 2.99. The SMILES string of the molecule is CCCCc1ccc(C#Cc2ccc(CNc3ccc(F)c(OC(N)=O)c3)cc2)cc1. The first-order valence-corrected chi connectivity index (χ1v) is 10.2. The normalized spacial score (nSPS) is 10.1. The molecular formula is C26H25FN2O2. The number of amides is 1. The lowest BCUT2D eigenvalue weighted by molar-refractivity contribution is 0.209. The number of unbranched alkanes of at least 4 members (excludes halogenated alkanes) is 1. The number of halogens is 1. The first kappa shape index (κ1) is 21.9. The van der Waals surface area contributed by atoms with E-state index >= 15 is 0 Å². The standard InChI is InChI=1S/C26H25FN2O2/c1-2-3-4-19-5-7-20(8-6-19)9-10-21-11-13-22(14-12-21)18-29-23-15-16-24(27)25(17-23)31-26(28)30/h5-8,11-17,29H,2-4,18H2,1H3,(H2,28,30). The number of carbonyl (C=O) groups excluding carboxylic acids is 1. The molecule has 0 saturated carbocycles. The molecule has 0 aliphatic heterocycles. The zero-order chi connectivity index (χ0) is 22.1. The molecule has 3 aromatic rings. The molecule has 5 heteroatoms. The van der Waals surface area contributed by atoms with Gasteiger partial charge in [0, 0.05) is 29.4 Å². The number of rotatable bonds is 7. The van der Waals surface area contributed by atoms with Crippen LogP contribution in [-0.2, 0) is 13.0 Å². The van der Waals surface area contributed by atoms with Crippen molar-refractivity contribution in [1.82, 2.24) is 0 Å². The summed E-state index contributed by atoms with van der Waals surface area (Å²) in [7, 11) is 0. The first-order chi connectivity index (χ1) is 15.0. The predicted octanol–water partition coefficient (Wildman–Crippen LogP) is 5.64. The van der Waals surface area contributed by atoms with Crippen LogP contribution in [0.5, 0.6) is 5.75 Å². The summed E-state index contributed by atoms with van der Waals surface area (Å²) in [5.41, 5.74) is 9.87. The Hall–Kier alpha value is -3.78. The minimum atomic E-state index is -1.06. The minimum absolute atomic E-state index is 0.207. The Bertz CT molecular complexity index is 1080. The molecular weight excluding hydrogens is 391 g/mol. The van der Waals surface area contributed by atoms with Crippen LogP contribution in [0.3, 0.4) is 0 Å². The number of aryl methyl sites for hydroxylation is 1. The van der Waals surface area contributed by atoms with Gasteiger partial charge in [0.2, 0.25) is 0 Å². The van der Waals surface area contributed by atoms with E-state index in [0.717, 1.165) is 23.1 Å². The van der Waals surface area contributed by atoms with Gasteiger partial charge in [-0.25, -0.2) is 9.18 Å². The Morgan fingerprint density at radius 3 is 2.16 bits per heavy atom. The van der Waals surface area contributed by atoms with Crippen molar-refractivity contribution in [3.63, 3.8) is 0 Å². The monoisotopic (exact) mass is 416 g/mol. The number of nitrogens with two attached hydrogens (primary N) is 1. The summed E-state index contributed by atoms with van der Waals surface area (Å²) in [5.74, 6) is 5.52. The summed E-state index contributed by atoms with van der Waals surface area (Å²) < 4.78 is 18.3. The Morgan fingerprint density at radius 2 is 1.58 bits per heavy atom. The van der Waals surface area contributed by atoms with Crippen molar-refractivity contribution in [2.75, 3.05) is 5.32 Å². The third-order valence-electron chi connectivity index (χ3n) is 4.72. The highest BCUT2D eigenvalue weighted by Crippen LogP contribution is 2.22. The second kappa shape index (κ2) is 10.8. The van der Waals surface area contributed by atoms with Crippen LogP contribution < -0.4 is 15.8 Å². The maximum absolute atomic E-state index is 13.6. The van der Waals surface area contributed by atoms with Gasteiger partial charge < -0.3 is 15.8 Å². The summed E-state index contributed by atoms with van der Waals surface area (Å²) in [5, 5.41) is 3.16. The molecule has 0 aliphatic rings. The highest BCUT2D eigenvalue weighted by atomic mass is 19.1. The number of ether oxygens (including phenoxy) is 1. The molecule has 0 radical (unpaired) electrons. The van der Waals surface area contributed by atoms with E-state index in [9.17, 15) is 9.18 Å². The van der Waals surface area contributed by atoms with Crippen LogP contribution >= 0.6 is 0 Å². The summed E-state index contributed by atoms with van der Waals surface area (Å²) in [6.07, 6.45) is 2.45. The second-order valence-electron chi connectivity index (χ2n) is 7.17. The largest absolute Gasteiger partial charge is 0.410 e. The maximum atomic E-state index is 13.6. The van der Waals surface area contributed by atoms with Crippen molar-refractivity contribution in [1.29, 1.82) is 0 Å². The molecule has 3 rings (SSSR count). The van der Waals surface area contributed by atoms with Crippen LogP contribution in [0.4, 0.5) is 14.9 Å². The fourth-order valence-corrected chi connectivity index (χ4v) is 2.99. The Morgan fingerprint density at radius 1 is 0.968 bits per heavy atom. The van der Waals surface area contributed by atoms with Crippen molar-refractivity contribution in [3.8, 4) is 17.6 Å². The number of carbonyl (C=O) groups is 1. The van der Waals surface area contributed by atoms with Crippen molar-refractivity contribution in [3.05, 3.63) is 94.8 Å². The number of hydrogen-bond donors (Lipinski definition) is 2. The number of primary amides is 1. The molecule has 1 amide bonds. The van der Waals surface area contributed by atoms with Gasteiger partial charge in [-0.15, -0.1) is 0 Å².